The lowest BCUT2D eigenvalue weighted by Gasteiger charge is -2.08. The first kappa shape index (κ1) is 15.7. The fourth-order valence-electron chi connectivity index (χ4n) is 2.38. The fourth-order valence-corrected chi connectivity index (χ4v) is 2.38. The molecule has 0 fully saturated rings. The summed E-state index contributed by atoms with van der Waals surface area (Å²) < 4.78 is 33.3. The van der Waals surface area contributed by atoms with Crippen molar-refractivity contribution >= 4 is 11.6 Å². The molecule has 3 rings (SSSR count). The SMILES string of the molecule is Cn1oc(=O)c(-c2ccccc2)c1C(=O)Nc1c(F)cccc1F. The Kier molecular flexibility index (Phi) is 3.99. The number of anilines is 1. The molecule has 0 aliphatic carbocycles. The van der Waals surface area contributed by atoms with E-state index < -0.39 is 28.9 Å². The van der Waals surface area contributed by atoms with Crippen LogP contribution >= 0.6 is 0 Å². The first-order chi connectivity index (χ1) is 11.5. The molecular weight excluding hydrogens is 318 g/mol. The molecule has 0 atom stereocenters. The van der Waals surface area contributed by atoms with Gasteiger partial charge in [0.25, 0.3) is 5.91 Å². The van der Waals surface area contributed by atoms with E-state index in [4.69, 9.17) is 4.52 Å². The van der Waals surface area contributed by atoms with E-state index in [0.717, 1.165) is 16.9 Å². The Morgan fingerprint density at radius 1 is 1.04 bits per heavy atom. The number of hydrogen-bond donors (Lipinski definition) is 1. The monoisotopic (exact) mass is 330 g/mol. The molecule has 1 heterocycles. The van der Waals surface area contributed by atoms with Crippen molar-refractivity contribution in [3.8, 4) is 11.1 Å². The van der Waals surface area contributed by atoms with Gasteiger partial charge in [0.05, 0.1) is 0 Å². The van der Waals surface area contributed by atoms with Gasteiger partial charge in [0.15, 0.2) is 5.69 Å². The molecule has 0 spiro atoms. The third-order valence-electron chi connectivity index (χ3n) is 3.45. The van der Waals surface area contributed by atoms with Gasteiger partial charge in [-0.2, -0.15) is 0 Å². The van der Waals surface area contributed by atoms with E-state index in [1.807, 2.05) is 0 Å². The van der Waals surface area contributed by atoms with E-state index in [-0.39, 0.29) is 11.3 Å². The van der Waals surface area contributed by atoms with E-state index in [9.17, 15) is 18.4 Å². The van der Waals surface area contributed by atoms with Crippen LogP contribution < -0.4 is 10.9 Å². The Labute approximate surface area is 135 Å². The average Bonchev–Trinajstić information content (AvgIpc) is 2.86. The minimum absolute atomic E-state index is 0.0207. The molecule has 0 radical (unpaired) electrons. The van der Waals surface area contributed by atoms with Crippen LogP contribution in [0.15, 0.2) is 57.8 Å². The van der Waals surface area contributed by atoms with Crippen molar-refractivity contribution in [2.45, 2.75) is 0 Å². The number of aryl methyl sites for hydroxylation is 1. The van der Waals surface area contributed by atoms with Crippen molar-refractivity contribution in [3.05, 3.63) is 76.3 Å². The van der Waals surface area contributed by atoms with Gasteiger partial charge in [-0.1, -0.05) is 36.4 Å². The van der Waals surface area contributed by atoms with Crippen LogP contribution in [0.1, 0.15) is 10.5 Å². The van der Waals surface area contributed by atoms with E-state index >= 15 is 0 Å². The lowest BCUT2D eigenvalue weighted by Crippen LogP contribution is -2.18. The summed E-state index contributed by atoms with van der Waals surface area (Å²) in [5.41, 5.74) is -0.953. The van der Waals surface area contributed by atoms with Gasteiger partial charge < -0.3 is 9.84 Å². The smallest absolute Gasteiger partial charge is 0.335 e. The van der Waals surface area contributed by atoms with Gasteiger partial charge in [-0.15, -0.1) is 0 Å². The summed E-state index contributed by atoms with van der Waals surface area (Å²) in [6, 6.07) is 11.6. The number of nitrogens with zero attached hydrogens (tertiary/aromatic N) is 1. The Morgan fingerprint density at radius 2 is 1.67 bits per heavy atom. The summed E-state index contributed by atoms with van der Waals surface area (Å²) in [4.78, 5) is 24.5. The molecule has 0 saturated carbocycles. The number of aromatic nitrogens is 1. The molecule has 1 aromatic heterocycles. The standard InChI is InChI=1S/C17H12F2N2O3/c1-21-15(13(17(23)24-21)10-6-3-2-4-7-10)16(22)20-14-11(18)8-5-9-12(14)19/h2-9H,1H3,(H,20,22). The Morgan fingerprint density at radius 3 is 2.29 bits per heavy atom. The van der Waals surface area contributed by atoms with Crippen molar-refractivity contribution in [1.29, 1.82) is 0 Å². The highest BCUT2D eigenvalue weighted by Crippen LogP contribution is 2.23. The van der Waals surface area contributed by atoms with Gasteiger partial charge in [-0.3, -0.25) is 4.79 Å². The van der Waals surface area contributed by atoms with Gasteiger partial charge in [0.2, 0.25) is 0 Å². The zero-order chi connectivity index (χ0) is 17.3. The number of benzene rings is 2. The van der Waals surface area contributed by atoms with Crippen LogP contribution in [0.25, 0.3) is 11.1 Å². The molecule has 122 valence electrons. The summed E-state index contributed by atoms with van der Waals surface area (Å²) in [6.45, 7) is 0. The molecule has 0 aliphatic heterocycles. The molecule has 2 aromatic carbocycles. The van der Waals surface area contributed by atoms with E-state index in [1.54, 1.807) is 30.3 Å². The first-order valence-corrected chi connectivity index (χ1v) is 7.00. The second-order valence-corrected chi connectivity index (χ2v) is 5.02. The second kappa shape index (κ2) is 6.11. The minimum Gasteiger partial charge on any atom is -0.335 e. The van der Waals surface area contributed by atoms with Gasteiger partial charge in [-0.25, -0.2) is 18.3 Å². The van der Waals surface area contributed by atoms with Crippen molar-refractivity contribution in [1.82, 2.24) is 4.74 Å². The summed E-state index contributed by atoms with van der Waals surface area (Å²) >= 11 is 0. The highest BCUT2D eigenvalue weighted by Gasteiger charge is 2.24. The summed E-state index contributed by atoms with van der Waals surface area (Å²) in [5, 5.41) is 2.15. The van der Waals surface area contributed by atoms with Crippen LogP contribution in [0.3, 0.4) is 0 Å². The third-order valence-corrected chi connectivity index (χ3v) is 3.45. The minimum atomic E-state index is -0.918. The number of carbonyl (C=O) groups is 1. The van der Waals surface area contributed by atoms with Gasteiger partial charge in [0, 0.05) is 7.05 Å². The number of nitrogens with one attached hydrogen (secondary N) is 1. The van der Waals surface area contributed by atoms with Crippen LogP contribution in [0.2, 0.25) is 0 Å². The maximum atomic E-state index is 13.7. The molecule has 0 unspecified atom stereocenters. The fraction of sp³-hybridized carbons (Fsp3) is 0.0588. The van der Waals surface area contributed by atoms with Crippen molar-refractivity contribution < 1.29 is 18.1 Å². The number of halogens is 2. The van der Waals surface area contributed by atoms with Crippen molar-refractivity contribution in [3.63, 3.8) is 0 Å². The highest BCUT2D eigenvalue weighted by atomic mass is 19.1. The molecule has 5 nitrogen and oxygen atoms in total. The molecular formula is C17H12F2N2O3. The molecule has 24 heavy (non-hydrogen) atoms. The maximum Gasteiger partial charge on any atom is 0.366 e. The quantitative estimate of drug-likeness (QED) is 0.802. The van der Waals surface area contributed by atoms with E-state index in [2.05, 4.69) is 5.32 Å². The summed E-state index contributed by atoms with van der Waals surface area (Å²) in [6.07, 6.45) is 0. The molecule has 1 amide bonds. The normalized spacial score (nSPS) is 10.6. The predicted octanol–water partition coefficient (Wildman–Crippen LogP) is 3.18. The van der Waals surface area contributed by atoms with Crippen LogP contribution in [-0.2, 0) is 7.05 Å². The zero-order valence-electron chi connectivity index (χ0n) is 12.5. The zero-order valence-corrected chi connectivity index (χ0v) is 12.5. The Bertz CT molecular complexity index is 941. The number of carbonyl (C=O) groups excluding carboxylic acids is 1. The predicted molar refractivity (Wildman–Crippen MR) is 83.7 cm³/mol. The van der Waals surface area contributed by atoms with Gasteiger partial charge in [0.1, 0.15) is 22.9 Å². The number of amides is 1. The molecule has 3 aromatic rings. The summed E-state index contributed by atoms with van der Waals surface area (Å²) in [5.74, 6) is -2.69. The number of para-hydroxylation sites is 1. The van der Waals surface area contributed by atoms with E-state index in [1.165, 1.54) is 13.1 Å². The van der Waals surface area contributed by atoms with Crippen molar-refractivity contribution in [2.24, 2.45) is 7.05 Å². The van der Waals surface area contributed by atoms with Crippen LogP contribution in [-0.4, -0.2) is 10.6 Å². The average molecular weight is 330 g/mol. The third kappa shape index (κ3) is 2.71. The first-order valence-electron chi connectivity index (χ1n) is 7.00. The molecule has 1 N–H and O–H groups in total. The number of hydrogen-bond acceptors (Lipinski definition) is 3. The maximum absolute atomic E-state index is 13.7. The molecule has 0 aliphatic rings. The Hall–Kier alpha value is -3.22. The molecule has 7 heteroatoms. The second-order valence-electron chi connectivity index (χ2n) is 5.02. The van der Waals surface area contributed by atoms with Crippen LogP contribution in [0, 0.1) is 11.6 Å². The van der Waals surface area contributed by atoms with Crippen LogP contribution in [0.5, 0.6) is 0 Å². The molecule has 0 saturated heterocycles. The lowest BCUT2D eigenvalue weighted by molar-refractivity contribution is 0.100. The Balaban J connectivity index is 2.07. The van der Waals surface area contributed by atoms with Gasteiger partial charge >= 0.3 is 5.63 Å². The van der Waals surface area contributed by atoms with Gasteiger partial charge in [-0.05, 0) is 17.7 Å². The molecule has 0 bridgehead atoms. The lowest BCUT2D eigenvalue weighted by atomic mass is 10.1. The van der Waals surface area contributed by atoms with Crippen LogP contribution in [0.4, 0.5) is 14.5 Å². The topological polar surface area (TPSA) is 64.2 Å². The van der Waals surface area contributed by atoms with E-state index in [0.29, 0.717) is 5.56 Å². The largest absolute Gasteiger partial charge is 0.366 e. The van der Waals surface area contributed by atoms with Crippen molar-refractivity contribution in [2.75, 3.05) is 5.32 Å². The number of rotatable bonds is 3. The summed E-state index contributed by atoms with van der Waals surface area (Å²) in [7, 11) is 1.36. The highest BCUT2D eigenvalue weighted by molar-refractivity contribution is 6.07.